The third-order valence-corrected chi connectivity index (χ3v) is 5.00. The maximum absolute atomic E-state index is 12.3. The second-order valence-corrected chi connectivity index (χ2v) is 6.31. The second kappa shape index (κ2) is 6.21. The van der Waals surface area contributed by atoms with E-state index in [2.05, 4.69) is 15.9 Å². The Kier molecular flexibility index (Phi) is 4.61. The van der Waals surface area contributed by atoms with Crippen molar-refractivity contribution in [2.75, 3.05) is 12.8 Å². The third-order valence-electron chi connectivity index (χ3n) is 2.60. The molecule has 0 aromatic heterocycles. The van der Waals surface area contributed by atoms with Gasteiger partial charge in [0.2, 0.25) is 0 Å². The van der Waals surface area contributed by atoms with Crippen molar-refractivity contribution in [1.29, 1.82) is 0 Å². The molecule has 2 aromatic rings. The molecule has 1 unspecified atom stereocenters. The first-order valence-electron chi connectivity index (χ1n) is 5.66. The first-order chi connectivity index (χ1) is 9.10. The fourth-order valence-electron chi connectivity index (χ4n) is 1.75. The molecule has 0 aliphatic carbocycles. The quantitative estimate of drug-likeness (QED) is 0.869. The number of hydrogen-bond donors (Lipinski definition) is 1. The van der Waals surface area contributed by atoms with Crippen molar-refractivity contribution >= 4 is 32.4 Å². The van der Waals surface area contributed by atoms with E-state index in [9.17, 15) is 4.21 Å². The summed E-state index contributed by atoms with van der Waals surface area (Å²) in [5.74, 6) is 1.09. The van der Waals surface area contributed by atoms with Crippen LogP contribution in [0.1, 0.15) is 5.56 Å². The second-order valence-electron chi connectivity index (χ2n) is 4.03. The van der Waals surface area contributed by atoms with Crippen molar-refractivity contribution in [1.82, 2.24) is 0 Å². The molecule has 2 N–H and O–H groups in total. The van der Waals surface area contributed by atoms with E-state index in [0.29, 0.717) is 17.2 Å². The Hall–Kier alpha value is -1.33. The molecule has 2 rings (SSSR count). The topological polar surface area (TPSA) is 52.3 Å². The first-order valence-corrected chi connectivity index (χ1v) is 7.77. The van der Waals surface area contributed by atoms with Crippen molar-refractivity contribution in [3.8, 4) is 5.75 Å². The van der Waals surface area contributed by atoms with Gasteiger partial charge in [0.05, 0.1) is 28.6 Å². The molecule has 0 aliphatic rings. The Bertz CT molecular complexity index is 616. The molecular formula is C14H14BrNO2S. The highest BCUT2D eigenvalue weighted by molar-refractivity contribution is 9.10. The summed E-state index contributed by atoms with van der Waals surface area (Å²) in [5.41, 5.74) is 7.30. The van der Waals surface area contributed by atoms with Crippen LogP contribution in [0.5, 0.6) is 5.75 Å². The van der Waals surface area contributed by atoms with Gasteiger partial charge in [-0.25, -0.2) is 0 Å². The summed E-state index contributed by atoms with van der Waals surface area (Å²) in [6, 6.07) is 12.9. The van der Waals surface area contributed by atoms with Gasteiger partial charge in [0.15, 0.2) is 0 Å². The van der Waals surface area contributed by atoms with E-state index in [1.54, 1.807) is 13.2 Å². The molecule has 2 aromatic carbocycles. The van der Waals surface area contributed by atoms with Gasteiger partial charge < -0.3 is 10.5 Å². The molecule has 3 nitrogen and oxygen atoms in total. The predicted molar refractivity (Wildman–Crippen MR) is 81.7 cm³/mol. The lowest BCUT2D eigenvalue weighted by Crippen LogP contribution is -1.99. The van der Waals surface area contributed by atoms with Crippen LogP contribution >= 0.6 is 15.9 Å². The van der Waals surface area contributed by atoms with Crippen molar-refractivity contribution in [2.24, 2.45) is 0 Å². The van der Waals surface area contributed by atoms with Crippen LogP contribution < -0.4 is 10.5 Å². The van der Waals surface area contributed by atoms with Crippen LogP contribution in [0.25, 0.3) is 0 Å². The number of nitrogens with two attached hydrogens (primary N) is 1. The van der Waals surface area contributed by atoms with E-state index in [4.69, 9.17) is 10.5 Å². The van der Waals surface area contributed by atoms with Crippen molar-refractivity contribution < 1.29 is 8.95 Å². The van der Waals surface area contributed by atoms with Crippen LogP contribution in [-0.4, -0.2) is 11.3 Å². The van der Waals surface area contributed by atoms with Gasteiger partial charge in [-0.3, -0.25) is 4.21 Å². The smallest absolute Gasteiger partial charge is 0.121 e. The van der Waals surface area contributed by atoms with E-state index in [1.807, 2.05) is 36.4 Å². The molecule has 19 heavy (non-hydrogen) atoms. The monoisotopic (exact) mass is 339 g/mol. The summed E-state index contributed by atoms with van der Waals surface area (Å²) in [5, 5.41) is 0. The van der Waals surface area contributed by atoms with E-state index in [1.165, 1.54) is 0 Å². The minimum absolute atomic E-state index is 0.407. The molecule has 0 saturated carbocycles. The summed E-state index contributed by atoms with van der Waals surface area (Å²) in [4.78, 5) is 0.781. The van der Waals surface area contributed by atoms with Crippen LogP contribution in [0, 0.1) is 0 Å². The van der Waals surface area contributed by atoms with Crippen LogP contribution in [0.2, 0.25) is 0 Å². The van der Waals surface area contributed by atoms with Crippen LogP contribution in [0.3, 0.4) is 0 Å². The lowest BCUT2D eigenvalue weighted by Gasteiger charge is -2.08. The summed E-state index contributed by atoms with van der Waals surface area (Å²) in [7, 11) is 0.464. The molecule has 100 valence electrons. The zero-order valence-corrected chi connectivity index (χ0v) is 12.8. The molecule has 0 saturated heterocycles. The standard InChI is InChI=1S/C14H14BrNO2S/c1-18-12-7-10(6-11(16)8-12)9-19(17)14-5-3-2-4-13(14)15/h2-8H,9,16H2,1H3. The average Bonchev–Trinajstić information content (AvgIpc) is 2.38. The lowest BCUT2D eigenvalue weighted by atomic mass is 10.2. The highest BCUT2D eigenvalue weighted by Crippen LogP contribution is 2.24. The molecule has 1 atom stereocenters. The highest BCUT2D eigenvalue weighted by atomic mass is 79.9. The predicted octanol–water partition coefficient (Wildman–Crippen LogP) is 3.35. The van der Waals surface area contributed by atoms with E-state index < -0.39 is 10.8 Å². The number of ether oxygens (including phenoxy) is 1. The summed E-state index contributed by atoms with van der Waals surface area (Å²) in [6.07, 6.45) is 0. The molecule has 0 heterocycles. The van der Waals surface area contributed by atoms with Crippen molar-refractivity contribution in [2.45, 2.75) is 10.6 Å². The Morgan fingerprint density at radius 1 is 1.26 bits per heavy atom. The molecule has 0 spiro atoms. The highest BCUT2D eigenvalue weighted by Gasteiger charge is 2.09. The third kappa shape index (κ3) is 3.58. The van der Waals surface area contributed by atoms with Gasteiger partial charge in [-0.15, -0.1) is 0 Å². The Morgan fingerprint density at radius 2 is 2.00 bits per heavy atom. The SMILES string of the molecule is COc1cc(N)cc(CS(=O)c2ccccc2Br)c1. The van der Waals surface area contributed by atoms with Gasteiger partial charge >= 0.3 is 0 Å². The molecular weight excluding hydrogens is 326 g/mol. The van der Waals surface area contributed by atoms with E-state index in [-0.39, 0.29) is 0 Å². The Labute approximate surface area is 123 Å². The summed E-state index contributed by atoms with van der Waals surface area (Å²) < 4.78 is 18.4. The van der Waals surface area contributed by atoms with Gasteiger partial charge in [0.1, 0.15) is 5.75 Å². The lowest BCUT2D eigenvalue weighted by molar-refractivity contribution is 0.414. The number of rotatable bonds is 4. The minimum Gasteiger partial charge on any atom is -0.497 e. The Morgan fingerprint density at radius 3 is 2.68 bits per heavy atom. The van der Waals surface area contributed by atoms with Gasteiger partial charge in [-0.1, -0.05) is 12.1 Å². The number of benzene rings is 2. The average molecular weight is 340 g/mol. The minimum atomic E-state index is -1.12. The van der Waals surface area contributed by atoms with Crippen LogP contribution in [0.15, 0.2) is 51.8 Å². The number of methoxy groups -OCH3 is 1. The normalized spacial score (nSPS) is 12.1. The van der Waals surface area contributed by atoms with Crippen LogP contribution in [0.4, 0.5) is 5.69 Å². The number of halogens is 1. The summed E-state index contributed by atoms with van der Waals surface area (Å²) >= 11 is 3.41. The maximum Gasteiger partial charge on any atom is 0.121 e. The van der Waals surface area contributed by atoms with E-state index in [0.717, 1.165) is 14.9 Å². The zero-order valence-electron chi connectivity index (χ0n) is 10.4. The van der Waals surface area contributed by atoms with Crippen molar-refractivity contribution in [3.63, 3.8) is 0 Å². The number of nitrogen functional groups attached to an aromatic ring is 1. The van der Waals surface area contributed by atoms with Gasteiger partial charge in [0.25, 0.3) is 0 Å². The van der Waals surface area contributed by atoms with E-state index >= 15 is 0 Å². The largest absolute Gasteiger partial charge is 0.497 e. The molecule has 0 amide bonds. The first kappa shape index (κ1) is 14.1. The zero-order chi connectivity index (χ0) is 13.8. The fraction of sp³-hybridized carbons (Fsp3) is 0.143. The molecule has 0 aliphatic heterocycles. The fourth-order valence-corrected chi connectivity index (χ4v) is 3.71. The summed E-state index contributed by atoms with van der Waals surface area (Å²) in [6.45, 7) is 0. The molecule has 5 heteroatoms. The number of hydrogen-bond acceptors (Lipinski definition) is 3. The number of anilines is 1. The molecule has 0 fully saturated rings. The van der Waals surface area contributed by atoms with Gasteiger partial charge in [0, 0.05) is 16.2 Å². The van der Waals surface area contributed by atoms with Gasteiger partial charge in [-0.2, -0.15) is 0 Å². The van der Waals surface area contributed by atoms with Crippen molar-refractivity contribution in [3.05, 3.63) is 52.5 Å². The molecule has 0 radical (unpaired) electrons. The molecule has 0 bridgehead atoms. The van der Waals surface area contributed by atoms with Gasteiger partial charge in [-0.05, 0) is 45.8 Å². The Balaban J connectivity index is 2.24. The van der Waals surface area contributed by atoms with Crippen LogP contribution in [-0.2, 0) is 16.6 Å². The maximum atomic E-state index is 12.3.